The third-order valence-electron chi connectivity index (χ3n) is 10.8. The summed E-state index contributed by atoms with van der Waals surface area (Å²) < 4.78 is 2.35. The van der Waals surface area contributed by atoms with E-state index < -0.39 is 0 Å². The summed E-state index contributed by atoms with van der Waals surface area (Å²) in [6.07, 6.45) is 10.6. The van der Waals surface area contributed by atoms with Gasteiger partial charge in [-0.2, -0.15) is 0 Å². The fourth-order valence-electron chi connectivity index (χ4n) is 7.66. The van der Waals surface area contributed by atoms with Gasteiger partial charge in [0.2, 0.25) is 0 Å². The van der Waals surface area contributed by atoms with Gasteiger partial charge in [0.1, 0.15) is 21.9 Å². The highest BCUT2D eigenvalue weighted by atomic mass is 35.5. The van der Waals surface area contributed by atoms with E-state index in [0.717, 1.165) is 64.9 Å². The monoisotopic (exact) mass is 666 g/mol. The van der Waals surface area contributed by atoms with Crippen LogP contribution in [0, 0.1) is 5.41 Å². The smallest absolute Gasteiger partial charge is 0.190 e. The van der Waals surface area contributed by atoms with Crippen molar-refractivity contribution in [3.63, 3.8) is 0 Å². The molecular weight excluding hydrogens is 627 g/mol. The summed E-state index contributed by atoms with van der Waals surface area (Å²) in [6.45, 7) is 12.8. The lowest BCUT2D eigenvalue weighted by Gasteiger charge is -2.56. The van der Waals surface area contributed by atoms with Crippen molar-refractivity contribution in [1.29, 1.82) is 0 Å². The zero-order valence-electron chi connectivity index (χ0n) is 24.9. The highest BCUT2D eigenvalue weighted by molar-refractivity contribution is 7.98. The summed E-state index contributed by atoms with van der Waals surface area (Å²) in [5, 5.41) is 1.69. The molecule has 4 saturated heterocycles. The molecule has 6 heterocycles. The Hall–Kier alpha value is -1.70. The Labute approximate surface area is 272 Å². The van der Waals surface area contributed by atoms with E-state index in [4.69, 9.17) is 23.2 Å². The number of carbonyl (C=O) groups excluding carboxylic acids is 2. The zero-order valence-corrected chi connectivity index (χ0v) is 28.1. The Bertz CT molecular complexity index is 1260. The van der Waals surface area contributed by atoms with Crippen LogP contribution in [-0.2, 0) is 0 Å². The van der Waals surface area contributed by atoms with Crippen LogP contribution in [0.15, 0.2) is 10.3 Å². The molecule has 0 saturated carbocycles. The molecule has 0 radical (unpaired) electrons. The van der Waals surface area contributed by atoms with Crippen LogP contribution in [0.3, 0.4) is 0 Å². The van der Waals surface area contributed by atoms with Crippen LogP contribution in [0.5, 0.6) is 0 Å². The van der Waals surface area contributed by atoms with Crippen LogP contribution in [0.2, 0.25) is 10.3 Å². The third kappa shape index (κ3) is 6.12. The number of quaternary nitrogens is 2. The Morgan fingerprint density at radius 2 is 0.977 bits per heavy atom. The van der Waals surface area contributed by atoms with Gasteiger partial charge in [0.25, 0.3) is 0 Å². The Morgan fingerprint density at radius 1 is 0.628 bits per heavy atom. The van der Waals surface area contributed by atoms with E-state index in [2.05, 4.69) is 29.7 Å². The summed E-state index contributed by atoms with van der Waals surface area (Å²) >= 11 is 15.5. The molecule has 4 aliphatic rings. The van der Waals surface area contributed by atoms with Crippen LogP contribution in [0.4, 0.5) is 11.6 Å². The minimum Gasteiger partial charge on any atom is -0.345 e. The molecule has 6 rings (SSSR count). The van der Waals surface area contributed by atoms with Gasteiger partial charge in [-0.1, -0.05) is 46.7 Å². The molecule has 4 fully saturated rings. The molecular formula is C29H40Cl2N8O2S2+2. The number of rotatable bonds is 6. The van der Waals surface area contributed by atoms with Crippen molar-refractivity contribution < 1.29 is 18.6 Å². The molecule has 0 N–H and O–H groups in total. The first-order valence-electron chi connectivity index (χ1n) is 15.1. The number of nitrogens with zero attached hydrogens (tertiary/aromatic N) is 8. The fraction of sp³-hybridized carbons (Fsp3) is 0.655. The number of halogens is 2. The first kappa shape index (κ1) is 31.3. The van der Waals surface area contributed by atoms with Crippen molar-refractivity contribution >= 4 is 70.9 Å². The van der Waals surface area contributed by atoms with Crippen LogP contribution in [0.1, 0.15) is 46.4 Å². The van der Waals surface area contributed by atoms with Gasteiger partial charge in [0, 0.05) is 25.7 Å². The number of thioether (sulfide) groups is 2. The number of anilines is 2. The second-order valence-corrected chi connectivity index (χ2v) is 14.9. The van der Waals surface area contributed by atoms with Gasteiger partial charge >= 0.3 is 0 Å². The average molecular weight is 668 g/mol. The van der Waals surface area contributed by atoms with E-state index in [0.29, 0.717) is 38.5 Å². The third-order valence-corrected chi connectivity index (χ3v) is 12.4. The Kier molecular flexibility index (Phi) is 9.16. The van der Waals surface area contributed by atoms with Crippen LogP contribution < -0.4 is 9.80 Å². The molecule has 14 heteroatoms. The van der Waals surface area contributed by atoms with Gasteiger partial charge in [-0.05, 0) is 17.9 Å². The molecule has 0 aliphatic carbocycles. The average Bonchev–Trinajstić information content (AvgIpc) is 3.04. The molecule has 0 amide bonds. The van der Waals surface area contributed by atoms with E-state index in [1.807, 2.05) is 12.5 Å². The molecule has 0 unspecified atom stereocenters. The van der Waals surface area contributed by atoms with Gasteiger partial charge in [0.15, 0.2) is 22.9 Å². The normalized spacial score (nSPS) is 22.7. The standard InChI is InChI=1S/C29H40Cl2N8O2S2/c1-42-27-32-23(30)21(19-40)25(34-27)36-7-15-38(16-8-36)11-3-29(4-12-38)5-13-39(14-6-29)17-9-37(10-18-39)26-22(20-41)24(31)33-28(35-26)43-2/h19-20H,3-18H2,1-2H3/q+2. The SMILES string of the molecule is CSc1nc(Cl)c(C=O)c(N2CC[N+]3(CC2)CCC2(CC3)CC[N+]3(CCN(c4nc(SC)nc(Cl)c4C=O)CC3)CC2)n1. The summed E-state index contributed by atoms with van der Waals surface area (Å²) in [6, 6.07) is 0. The highest BCUT2D eigenvalue weighted by Crippen LogP contribution is 2.46. The first-order chi connectivity index (χ1) is 20.8. The maximum absolute atomic E-state index is 11.8. The number of aromatic nitrogens is 4. The molecule has 43 heavy (non-hydrogen) atoms. The second kappa shape index (κ2) is 12.6. The van der Waals surface area contributed by atoms with Gasteiger partial charge in [0.05, 0.1) is 89.7 Å². The van der Waals surface area contributed by atoms with Crippen molar-refractivity contribution in [2.45, 2.75) is 36.0 Å². The van der Waals surface area contributed by atoms with Crippen LogP contribution >= 0.6 is 46.7 Å². The maximum atomic E-state index is 11.8. The van der Waals surface area contributed by atoms with E-state index in [-0.39, 0.29) is 10.3 Å². The molecule has 0 atom stereocenters. The lowest BCUT2D eigenvalue weighted by molar-refractivity contribution is -0.945. The van der Waals surface area contributed by atoms with E-state index in [9.17, 15) is 9.59 Å². The van der Waals surface area contributed by atoms with Gasteiger partial charge in [-0.15, -0.1) is 0 Å². The predicted octanol–water partition coefficient (Wildman–Crippen LogP) is 4.19. The number of hydrogen-bond acceptors (Lipinski definition) is 10. The molecule has 2 aromatic heterocycles. The fourth-order valence-corrected chi connectivity index (χ4v) is 8.90. The molecule has 0 aromatic carbocycles. The number of hydrogen-bond donors (Lipinski definition) is 0. The summed E-state index contributed by atoms with van der Waals surface area (Å²) in [4.78, 5) is 45.8. The molecule has 2 aromatic rings. The highest BCUT2D eigenvalue weighted by Gasteiger charge is 2.49. The number of piperidine rings is 2. The molecule has 3 spiro atoms. The maximum Gasteiger partial charge on any atom is 0.190 e. The van der Waals surface area contributed by atoms with Gasteiger partial charge < -0.3 is 18.8 Å². The number of piperazine rings is 2. The Balaban J connectivity index is 1.03. The topological polar surface area (TPSA) is 92.2 Å². The van der Waals surface area contributed by atoms with Crippen molar-refractivity contribution in [1.82, 2.24) is 19.9 Å². The summed E-state index contributed by atoms with van der Waals surface area (Å²) in [7, 11) is 0. The number of carbonyl (C=O) groups is 2. The molecule has 0 bridgehead atoms. The largest absolute Gasteiger partial charge is 0.345 e. The van der Waals surface area contributed by atoms with Crippen LogP contribution in [0.25, 0.3) is 0 Å². The molecule has 10 nitrogen and oxygen atoms in total. The summed E-state index contributed by atoms with van der Waals surface area (Å²) in [5.41, 5.74) is 1.28. The lowest BCUT2D eigenvalue weighted by atomic mass is 9.69. The van der Waals surface area contributed by atoms with Gasteiger partial charge in [-0.25, -0.2) is 19.9 Å². The Morgan fingerprint density at radius 3 is 1.28 bits per heavy atom. The van der Waals surface area contributed by atoms with Crippen molar-refractivity contribution in [3.05, 3.63) is 21.4 Å². The van der Waals surface area contributed by atoms with Gasteiger partial charge in [-0.3, -0.25) is 9.59 Å². The second-order valence-electron chi connectivity index (χ2n) is 12.7. The summed E-state index contributed by atoms with van der Waals surface area (Å²) in [5.74, 6) is 1.36. The first-order valence-corrected chi connectivity index (χ1v) is 18.3. The van der Waals surface area contributed by atoms with Crippen molar-refractivity contribution in [2.24, 2.45) is 5.41 Å². The van der Waals surface area contributed by atoms with Crippen molar-refractivity contribution in [3.8, 4) is 0 Å². The minimum atomic E-state index is 0.242. The molecule has 232 valence electrons. The van der Waals surface area contributed by atoms with E-state index in [1.165, 1.54) is 84.4 Å². The minimum absolute atomic E-state index is 0.242. The zero-order chi connectivity index (χ0) is 30.2. The van der Waals surface area contributed by atoms with E-state index in [1.54, 1.807) is 0 Å². The quantitative estimate of drug-likeness (QED) is 0.147. The van der Waals surface area contributed by atoms with E-state index >= 15 is 0 Å². The molecule has 4 aliphatic heterocycles. The predicted molar refractivity (Wildman–Crippen MR) is 173 cm³/mol. The van der Waals surface area contributed by atoms with Crippen molar-refractivity contribution in [2.75, 3.05) is 101 Å². The van der Waals surface area contributed by atoms with Crippen LogP contribution in [-0.4, -0.2) is 133 Å². The number of aldehydes is 2. The lowest BCUT2D eigenvalue weighted by Crippen LogP contribution is -2.67.